The molecule has 1 saturated carbocycles. The SMILES string of the molecule is Cn1nc(C2CCCC2(C)C)c(-c2cccc(Br)c2)c1N. The van der Waals surface area contributed by atoms with E-state index >= 15 is 0 Å². The van der Waals surface area contributed by atoms with Gasteiger partial charge in [0.1, 0.15) is 5.82 Å². The predicted molar refractivity (Wildman–Crippen MR) is 91.1 cm³/mol. The quantitative estimate of drug-likeness (QED) is 0.853. The molecular weight excluding hydrogens is 326 g/mol. The summed E-state index contributed by atoms with van der Waals surface area (Å²) in [5.74, 6) is 1.24. The zero-order chi connectivity index (χ0) is 15.2. The molecule has 0 saturated heterocycles. The standard InChI is InChI=1S/C17H22BrN3/c1-17(2)9-5-8-13(17)15-14(16(19)21(3)20-15)11-6-4-7-12(18)10-11/h4,6-7,10,13H,5,8-9,19H2,1-3H3. The van der Waals surface area contributed by atoms with E-state index in [0.717, 1.165) is 27.1 Å². The van der Waals surface area contributed by atoms with Crippen molar-refractivity contribution in [1.82, 2.24) is 9.78 Å². The molecule has 0 aliphatic heterocycles. The molecule has 1 fully saturated rings. The number of aryl methyl sites for hydroxylation is 1. The lowest BCUT2D eigenvalue weighted by Gasteiger charge is -2.26. The Morgan fingerprint density at radius 2 is 2.14 bits per heavy atom. The number of benzene rings is 1. The molecule has 2 aromatic rings. The van der Waals surface area contributed by atoms with Crippen molar-refractivity contribution in [2.24, 2.45) is 12.5 Å². The van der Waals surface area contributed by atoms with Crippen LogP contribution in [0, 0.1) is 5.41 Å². The van der Waals surface area contributed by atoms with Gasteiger partial charge in [-0.05, 0) is 36.0 Å². The maximum atomic E-state index is 6.33. The predicted octanol–water partition coefficient (Wildman–Crippen LogP) is 4.73. The van der Waals surface area contributed by atoms with Gasteiger partial charge in [-0.3, -0.25) is 4.68 Å². The normalized spacial score (nSPS) is 20.9. The van der Waals surface area contributed by atoms with Gasteiger partial charge in [-0.25, -0.2) is 0 Å². The average molecular weight is 348 g/mol. The van der Waals surface area contributed by atoms with Gasteiger partial charge in [0.05, 0.1) is 5.69 Å². The van der Waals surface area contributed by atoms with Crippen molar-refractivity contribution in [3.05, 3.63) is 34.4 Å². The van der Waals surface area contributed by atoms with Crippen molar-refractivity contribution in [1.29, 1.82) is 0 Å². The van der Waals surface area contributed by atoms with E-state index in [2.05, 4.69) is 48.0 Å². The molecule has 1 unspecified atom stereocenters. The molecule has 4 heteroatoms. The molecule has 1 aliphatic rings. The number of hydrogen-bond acceptors (Lipinski definition) is 2. The molecule has 21 heavy (non-hydrogen) atoms. The number of nitrogens with two attached hydrogens (primary N) is 1. The van der Waals surface area contributed by atoms with Gasteiger partial charge in [-0.1, -0.05) is 48.3 Å². The molecule has 0 spiro atoms. The zero-order valence-electron chi connectivity index (χ0n) is 12.9. The van der Waals surface area contributed by atoms with Crippen LogP contribution in [0.2, 0.25) is 0 Å². The van der Waals surface area contributed by atoms with Gasteiger partial charge in [0.15, 0.2) is 0 Å². The third kappa shape index (κ3) is 2.50. The van der Waals surface area contributed by atoms with E-state index in [1.54, 1.807) is 0 Å². The molecule has 0 radical (unpaired) electrons. The molecule has 2 N–H and O–H groups in total. The molecule has 1 aliphatic carbocycles. The topological polar surface area (TPSA) is 43.8 Å². The van der Waals surface area contributed by atoms with Crippen LogP contribution in [0.15, 0.2) is 28.7 Å². The van der Waals surface area contributed by atoms with Crippen LogP contribution < -0.4 is 5.73 Å². The third-order valence-electron chi connectivity index (χ3n) is 4.82. The number of aromatic nitrogens is 2. The summed E-state index contributed by atoms with van der Waals surface area (Å²) >= 11 is 3.55. The van der Waals surface area contributed by atoms with Crippen LogP contribution in [0.3, 0.4) is 0 Å². The van der Waals surface area contributed by atoms with Crippen LogP contribution in [0.4, 0.5) is 5.82 Å². The first kappa shape index (κ1) is 14.6. The summed E-state index contributed by atoms with van der Waals surface area (Å²) in [6, 6.07) is 8.33. The molecular formula is C17H22BrN3. The Kier molecular flexibility index (Phi) is 3.60. The summed E-state index contributed by atoms with van der Waals surface area (Å²) in [5, 5.41) is 4.77. The minimum Gasteiger partial charge on any atom is -0.383 e. The summed E-state index contributed by atoms with van der Waals surface area (Å²) in [6.07, 6.45) is 3.72. The van der Waals surface area contributed by atoms with Crippen LogP contribution in [0.25, 0.3) is 11.1 Å². The second-order valence-corrected chi connectivity index (χ2v) is 7.63. The lowest BCUT2D eigenvalue weighted by atomic mass is 9.78. The fourth-order valence-corrected chi connectivity index (χ4v) is 3.98. The van der Waals surface area contributed by atoms with Crippen LogP contribution >= 0.6 is 15.9 Å². The third-order valence-corrected chi connectivity index (χ3v) is 5.31. The Morgan fingerprint density at radius 1 is 1.38 bits per heavy atom. The summed E-state index contributed by atoms with van der Waals surface area (Å²) in [5.41, 5.74) is 10.0. The number of halogens is 1. The van der Waals surface area contributed by atoms with E-state index in [-0.39, 0.29) is 0 Å². The summed E-state index contributed by atoms with van der Waals surface area (Å²) in [7, 11) is 1.93. The first-order valence-electron chi connectivity index (χ1n) is 7.48. The molecule has 1 heterocycles. The fourth-order valence-electron chi connectivity index (χ4n) is 3.58. The van der Waals surface area contributed by atoms with E-state index in [1.807, 2.05) is 17.8 Å². The van der Waals surface area contributed by atoms with Gasteiger partial charge in [0.2, 0.25) is 0 Å². The maximum Gasteiger partial charge on any atom is 0.129 e. The summed E-state index contributed by atoms with van der Waals surface area (Å²) in [4.78, 5) is 0. The van der Waals surface area contributed by atoms with Gasteiger partial charge in [-0.2, -0.15) is 5.10 Å². The number of nitrogens with zero attached hydrogens (tertiary/aromatic N) is 2. The first-order valence-corrected chi connectivity index (χ1v) is 8.28. The van der Waals surface area contributed by atoms with E-state index < -0.39 is 0 Å². The van der Waals surface area contributed by atoms with E-state index in [9.17, 15) is 0 Å². The Bertz CT molecular complexity index is 673. The van der Waals surface area contributed by atoms with Gasteiger partial charge >= 0.3 is 0 Å². The summed E-state index contributed by atoms with van der Waals surface area (Å²) in [6.45, 7) is 4.69. The molecule has 1 atom stereocenters. The zero-order valence-corrected chi connectivity index (χ0v) is 14.4. The highest BCUT2D eigenvalue weighted by Gasteiger charge is 2.39. The van der Waals surface area contributed by atoms with Crippen molar-refractivity contribution in [3.8, 4) is 11.1 Å². The van der Waals surface area contributed by atoms with Crippen molar-refractivity contribution < 1.29 is 0 Å². The second-order valence-electron chi connectivity index (χ2n) is 6.71. The number of hydrogen-bond donors (Lipinski definition) is 1. The molecule has 1 aromatic heterocycles. The van der Waals surface area contributed by atoms with Crippen molar-refractivity contribution in [3.63, 3.8) is 0 Å². The monoisotopic (exact) mass is 347 g/mol. The minimum absolute atomic E-state index is 0.293. The molecule has 0 amide bonds. The smallest absolute Gasteiger partial charge is 0.129 e. The number of anilines is 1. The van der Waals surface area contributed by atoms with Gasteiger partial charge in [-0.15, -0.1) is 0 Å². The van der Waals surface area contributed by atoms with Crippen molar-refractivity contribution in [2.45, 2.75) is 39.0 Å². The number of rotatable bonds is 2. The van der Waals surface area contributed by atoms with Crippen molar-refractivity contribution in [2.75, 3.05) is 5.73 Å². The largest absolute Gasteiger partial charge is 0.383 e. The first-order chi connectivity index (χ1) is 9.90. The van der Waals surface area contributed by atoms with Crippen molar-refractivity contribution >= 4 is 21.7 Å². The van der Waals surface area contributed by atoms with Gasteiger partial charge in [0.25, 0.3) is 0 Å². The molecule has 112 valence electrons. The van der Waals surface area contributed by atoms with Crippen LogP contribution in [-0.4, -0.2) is 9.78 Å². The highest BCUT2D eigenvalue weighted by atomic mass is 79.9. The Hall–Kier alpha value is -1.29. The Balaban J connectivity index is 2.17. The van der Waals surface area contributed by atoms with E-state index in [0.29, 0.717) is 11.3 Å². The van der Waals surface area contributed by atoms with Crippen LogP contribution in [0.1, 0.15) is 44.7 Å². The molecule has 3 rings (SSSR count). The van der Waals surface area contributed by atoms with Gasteiger partial charge in [0, 0.05) is 23.0 Å². The molecule has 0 bridgehead atoms. The lowest BCUT2D eigenvalue weighted by Crippen LogP contribution is -2.16. The van der Waals surface area contributed by atoms with Crippen LogP contribution in [0.5, 0.6) is 0 Å². The maximum absolute atomic E-state index is 6.33. The van der Waals surface area contributed by atoms with Gasteiger partial charge < -0.3 is 5.73 Å². The molecule has 3 nitrogen and oxygen atoms in total. The second kappa shape index (κ2) is 5.16. The average Bonchev–Trinajstić information content (AvgIpc) is 2.90. The minimum atomic E-state index is 0.293. The van der Waals surface area contributed by atoms with E-state index in [4.69, 9.17) is 10.8 Å². The fraction of sp³-hybridized carbons (Fsp3) is 0.471. The van der Waals surface area contributed by atoms with E-state index in [1.165, 1.54) is 19.3 Å². The Morgan fingerprint density at radius 3 is 2.76 bits per heavy atom. The highest BCUT2D eigenvalue weighted by Crippen LogP contribution is 2.51. The number of nitrogen functional groups attached to an aromatic ring is 1. The lowest BCUT2D eigenvalue weighted by molar-refractivity contribution is 0.326. The van der Waals surface area contributed by atoms with Crippen LogP contribution in [-0.2, 0) is 7.05 Å². The summed E-state index contributed by atoms with van der Waals surface area (Å²) < 4.78 is 2.89. The molecule has 1 aromatic carbocycles. The Labute approximate surface area is 134 Å². The highest BCUT2D eigenvalue weighted by molar-refractivity contribution is 9.10.